The third kappa shape index (κ3) is 6.69. The van der Waals surface area contributed by atoms with Crippen molar-refractivity contribution < 1.29 is 63.8 Å². The normalized spacial score (nSPS) is 11.6. The van der Waals surface area contributed by atoms with Crippen molar-refractivity contribution in [3.63, 3.8) is 0 Å². The summed E-state index contributed by atoms with van der Waals surface area (Å²) in [7, 11) is 0. The van der Waals surface area contributed by atoms with E-state index in [-0.39, 0.29) is 0 Å². The molecule has 0 aromatic heterocycles. The minimum atomic E-state index is -2.57. The van der Waals surface area contributed by atoms with Gasteiger partial charge in [-0.05, 0) is 6.42 Å². The molecule has 0 spiro atoms. The number of carbonyl (C=O) groups is 6. The Morgan fingerprint density at radius 2 is 1.08 bits per heavy atom. The van der Waals surface area contributed by atoms with Gasteiger partial charge < -0.3 is 35.0 Å². The first kappa shape index (κ1) is 20.8. The van der Waals surface area contributed by atoms with Gasteiger partial charge in [-0.3, -0.25) is 4.79 Å². The third-order valence-electron chi connectivity index (χ3n) is 2.27. The molecule has 0 aliphatic carbocycles. The number of aliphatic hydroxyl groups is 1. The number of aliphatic hydroxyl groups excluding tert-OH is 1. The fraction of sp³-hybridized carbons (Fsp3) is 0.455. The van der Waals surface area contributed by atoms with Crippen LogP contribution in [0.1, 0.15) is 12.8 Å². The van der Waals surface area contributed by atoms with Gasteiger partial charge in [0.25, 0.3) is 12.2 Å². The Balaban J connectivity index is 4.54. The topological polar surface area (TPSA) is 222 Å². The quantitative estimate of drug-likeness (QED) is 0.199. The molecule has 1 unspecified atom stereocenters. The first-order valence-electron chi connectivity index (χ1n) is 5.96. The molecule has 0 amide bonds. The molecule has 24 heavy (non-hydrogen) atoms. The molecule has 0 radical (unpaired) electrons. The van der Waals surface area contributed by atoms with Crippen LogP contribution in [0.25, 0.3) is 0 Å². The summed E-state index contributed by atoms with van der Waals surface area (Å²) < 4.78 is 8.07. The Morgan fingerprint density at radius 3 is 1.46 bits per heavy atom. The van der Waals surface area contributed by atoms with Crippen molar-refractivity contribution in [3.05, 3.63) is 0 Å². The first-order chi connectivity index (χ1) is 11.0. The minimum absolute atomic E-state index is 0.754. The van der Waals surface area contributed by atoms with Gasteiger partial charge in [-0.2, -0.15) is 0 Å². The molecular formula is C11H12O13. The lowest BCUT2D eigenvalue weighted by molar-refractivity contribution is -0.180. The Morgan fingerprint density at radius 1 is 0.708 bits per heavy atom. The van der Waals surface area contributed by atoms with Gasteiger partial charge in [0, 0.05) is 6.42 Å². The van der Waals surface area contributed by atoms with Crippen molar-refractivity contribution in [1.29, 1.82) is 0 Å². The van der Waals surface area contributed by atoms with Crippen LogP contribution >= 0.6 is 0 Å². The molecule has 0 fully saturated rings. The second-order valence-electron chi connectivity index (χ2n) is 4.09. The molecule has 0 saturated heterocycles. The number of hydrogen-bond donors (Lipinski definition) is 5. The van der Waals surface area contributed by atoms with E-state index in [1.165, 1.54) is 0 Å². The zero-order valence-corrected chi connectivity index (χ0v) is 11.6. The highest BCUT2D eigenvalue weighted by Gasteiger charge is 2.33. The maximum Gasteiger partial charge on any atom is 0.356 e. The fourth-order valence-corrected chi connectivity index (χ4v) is 1.17. The van der Waals surface area contributed by atoms with Crippen LogP contribution in [0, 0.1) is 0 Å². The highest BCUT2D eigenvalue weighted by atomic mass is 16.6. The fourth-order valence-electron chi connectivity index (χ4n) is 1.17. The Labute approximate surface area is 132 Å². The first-order valence-corrected chi connectivity index (χ1v) is 5.96. The number of ether oxygens (including phenoxy) is 2. The molecule has 0 heterocycles. The molecule has 13 heteroatoms. The molecule has 0 aliphatic heterocycles. The molecule has 5 N–H and O–H groups in total. The van der Waals surface area contributed by atoms with E-state index in [4.69, 9.17) is 20.4 Å². The van der Waals surface area contributed by atoms with Crippen molar-refractivity contribution in [1.82, 2.24) is 0 Å². The van der Waals surface area contributed by atoms with Crippen LogP contribution in [-0.2, 0) is 38.2 Å². The molecule has 1 atom stereocenters. The van der Waals surface area contributed by atoms with Crippen molar-refractivity contribution in [2.75, 3.05) is 0 Å². The van der Waals surface area contributed by atoms with Crippen molar-refractivity contribution >= 4 is 35.8 Å². The number of carbonyl (C=O) groups excluding carboxylic acids is 2. The van der Waals surface area contributed by atoms with E-state index in [1.54, 1.807) is 0 Å². The van der Waals surface area contributed by atoms with Crippen molar-refractivity contribution in [2.45, 2.75) is 31.2 Å². The summed E-state index contributed by atoms with van der Waals surface area (Å²) in [4.78, 5) is 64.4. The van der Waals surface area contributed by atoms with E-state index in [1.807, 2.05) is 0 Å². The lowest BCUT2D eigenvalue weighted by Crippen LogP contribution is -2.38. The van der Waals surface area contributed by atoms with E-state index in [0.717, 1.165) is 0 Å². The second kappa shape index (κ2) is 9.04. The van der Waals surface area contributed by atoms with E-state index in [0.29, 0.717) is 0 Å². The van der Waals surface area contributed by atoms with Gasteiger partial charge in [0.2, 0.25) is 0 Å². The summed E-state index contributed by atoms with van der Waals surface area (Å²) in [5.74, 6) is -11.0. The van der Waals surface area contributed by atoms with Gasteiger partial charge in [-0.1, -0.05) is 0 Å². The van der Waals surface area contributed by atoms with Gasteiger partial charge in [0.15, 0.2) is 6.10 Å². The smallest absolute Gasteiger partial charge is 0.356 e. The third-order valence-corrected chi connectivity index (χ3v) is 2.27. The summed E-state index contributed by atoms with van der Waals surface area (Å²) in [5.41, 5.74) is 0. The van der Waals surface area contributed by atoms with Crippen LogP contribution in [0.2, 0.25) is 0 Å². The van der Waals surface area contributed by atoms with Crippen LogP contribution in [-0.4, -0.2) is 79.7 Å². The minimum Gasteiger partial charge on any atom is -0.478 e. The summed E-state index contributed by atoms with van der Waals surface area (Å²) in [6.45, 7) is 0. The molecule has 0 aromatic rings. The highest BCUT2D eigenvalue weighted by molar-refractivity contribution is 5.98. The largest absolute Gasteiger partial charge is 0.478 e. The number of rotatable bonds is 10. The second-order valence-corrected chi connectivity index (χ2v) is 4.09. The molecule has 0 saturated carbocycles. The van der Waals surface area contributed by atoms with Crippen LogP contribution in [0.3, 0.4) is 0 Å². The van der Waals surface area contributed by atoms with E-state index >= 15 is 0 Å². The molecule has 0 rings (SSSR count). The summed E-state index contributed by atoms with van der Waals surface area (Å²) in [6, 6.07) is 0. The number of esters is 2. The summed E-state index contributed by atoms with van der Waals surface area (Å²) in [5, 5.41) is 43.2. The molecule has 0 aromatic carbocycles. The van der Waals surface area contributed by atoms with E-state index < -0.39 is 67.0 Å². The standard InChI is InChI=1S/C11H12O13/c12-3(11(22)24-6(9(18)19)10(20)21)1-2-4(13)23-5(7(14)15)8(16)17/h3,5-6,12H,1-2H2,(H,14,15)(H,16,17)(H,18,19)(H,20,21). The number of carboxylic acids is 4. The average Bonchev–Trinajstić information content (AvgIpc) is 2.45. The average molecular weight is 352 g/mol. The number of aliphatic carboxylic acids is 4. The SMILES string of the molecule is O=C(CCC(O)C(=O)OC(C(=O)O)C(=O)O)OC(C(=O)O)C(=O)O. The van der Waals surface area contributed by atoms with Crippen LogP contribution in [0.5, 0.6) is 0 Å². The van der Waals surface area contributed by atoms with Gasteiger partial charge in [-0.25, -0.2) is 24.0 Å². The van der Waals surface area contributed by atoms with Gasteiger partial charge in [0.05, 0.1) is 0 Å². The van der Waals surface area contributed by atoms with Gasteiger partial charge in [0.1, 0.15) is 0 Å². The van der Waals surface area contributed by atoms with Crippen LogP contribution < -0.4 is 0 Å². The Bertz CT molecular complexity index is 522. The predicted octanol–water partition coefficient (Wildman–Crippen LogP) is -2.71. The molecule has 13 nitrogen and oxygen atoms in total. The van der Waals surface area contributed by atoms with E-state index in [9.17, 15) is 33.9 Å². The summed E-state index contributed by atoms with van der Waals surface area (Å²) in [6.07, 6.45) is -8.74. The van der Waals surface area contributed by atoms with Crippen LogP contribution in [0.4, 0.5) is 0 Å². The Hall–Kier alpha value is -3.22. The molecule has 134 valence electrons. The zero-order valence-electron chi connectivity index (χ0n) is 11.6. The molecule has 0 bridgehead atoms. The van der Waals surface area contributed by atoms with Gasteiger partial charge >= 0.3 is 35.8 Å². The van der Waals surface area contributed by atoms with Gasteiger partial charge in [-0.15, -0.1) is 0 Å². The maximum atomic E-state index is 11.3. The van der Waals surface area contributed by atoms with E-state index in [2.05, 4.69) is 9.47 Å². The Kier molecular flexibility index (Phi) is 7.83. The molecule has 0 aliphatic rings. The zero-order chi connectivity index (χ0) is 19.0. The number of carboxylic acid groups (broad SMARTS) is 4. The number of hydrogen-bond acceptors (Lipinski definition) is 9. The monoisotopic (exact) mass is 352 g/mol. The highest BCUT2D eigenvalue weighted by Crippen LogP contribution is 2.06. The predicted molar refractivity (Wildman–Crippen MR) is 65.5 cm³/mol. The van der Waals surface area contributed by atoms with Crippen molar-refractivity contribution in [3.8, 4) is 0 Å². The lowest BCUT2D eigenvalue weighted by atomic mass is 10.2. The molecular weight excluding hydrogens is 340 g/mol. The lowest BCUT2D eigenvalue weighted by Gasteiger charge is -2.14. The summed E-state index contributed by atoms with van der Waals surface area (Å²) >= 11 is 0. The van der Waals surface area contributed by atoms with Crippen molar-refractivity contribution in [2.24, 2.45) is 0 Å². The van der Waals surface area contributed by atoms with Crippen LogP contribution in [0.15, 0.2) is 0 Å². The maximum absolute atomic E-state index is 11.3.